The average Bonchev–Trinajstić information content (AvgIpc) is 3.51. The van der Waals surface area contributed by atoms with E-state index in [4.69, 9.17) is 4.98 Å². The summed E-state index contributed by atoms with van der Waals surface area (Å²) in [7, 11) is 0. The summed E-state index contributed by atoms with van der Waals surface area (Å²) >= 11 is 0. The molecule has 0 saturated heterocycles. The molecule has 0 radical (unpaired) electrons. The molecule has 5 heterocycles. The summed E-state index contributed by atoms with van der Waals surface area (Å²) in [6, 6.07) is 24.1. The zero-order valence-corrected chi connectivity index (χ0v) is 20.2. The summed E-state index contributed by atoms with van der Waals surface area (Å²) in [5, 5.41) is 10.1. The average molecular weight is 472 g/mol. The molecule has 1 aromatic carbocycles. The first-order valence-electron chi connectivity index (χ1n) is 11.6. The van der Waals surface area contributed by atoms with Crippen molar-refractivity contribution in [2.45, 2.75) is 13.8 Å². The fourth-order valence-electron chi connectivity index (χ4n) is 4.12. The summed E-state index contributed by atoms with van der Waals surface area (Å²) < 4.78 is 4.14. The van der Waals surface area contributed by atoms with Crippen LogP contribution in [0.1, 0.15) is 12.6 Å². The first-order valence-corrected chi connectivity index (χ1v) is 11.6. The van der Waals surface area contributed by atoms with Gasteiger partial charge in [0.15, 0.2) is 11.6 Å². The van der Waals surface area contributed by atoms with Gasteiger partial charge in [-0.1, -0.05) is 30.3 Å². The molecule has 6 rings (SSSR count). The third kappa shape index (κ3) is 4.30. The summed E-state index contributed by atoms with van der Waals surface area (Å²) in [6.07, 6.45) is 8.85. The van der Waals surface area contributed by atoms with Crippen molar-refractivity contribution in [3.05, 3.63) is 116 Å². The summed E-state index contributed by atoms with van der Waals surface area (Å²) in [6.45, 7) is 7.34. The van der Waals surface area contributed by atoms with Gasteiger partial charge in [-0.2, -0.15) is 0 Å². The van der Waals surface area contributed by atoms with Crippen LogP contribution in [-0.2, 0) is 0 Å². The SMILES string of the molecule is C=CC.Cc1cc2ccccc2n1-c1ccc(-n2c(-c3ccncc3)nnc2-c2ccccn2)cn1. The molecule has 0 fully saturated rings. The van der Waals surface area contributed by atoms with E-state index in [-0.39, 0.29) is 0 Å². The number of fused-ring (bicyclic) bond motifs is 1. The Kier molecular flexibility index (Phi) is 6.44. The van der Waals surface area contributed by atoms with Crippen LogP contribution >= 0.6 is 0 Å². The molecule has 0 saturated carbocycles. The second-order valence-electron chi connectivity index (χ2n) is 8.10. The number of allylic oxidation sites excluding steroid dienone is 1. The first-order chi connectivity index (χ1) is 17.7. The molecule has 0 unspecified atom stereocenters. The van der Waals surface area contributed by atoms with Crippen LogP contribution in [0.15, 0.2) is 110 Å². The van der Waals surface area contributed by atoms with Gasteiger partial charge in [-0.05, 0) is 62.4 Å². The maximum absolute atomic E-state index is 4.81. The first kappa shape index (κ1) is 22.9. The molecule has 0 bridgehead atoms. The topological polar surface area (TPSA) is 74.3 Å². The van der Waals surface area contributed by atoms with Crippen molar-refractivity contribution in [1.82, 2.24) is 34.3 Å². The molecular weight excluding hydrogens is 446 g/mol. The molecule has 6 aromatic rings. The largest absolute Gasteiger partial charge is 0.298 e. The van der Waals surface area contributed by atoms with Gasteiger partial charge in [-0.3, -0.25) is 19.1 Å². The lowest BCUT2D eigenvalue weighted by Crippen LogP contribution is -2.04. The third-order valence-electron chi connectivity index (χ3n) is 5.61. The van der Waals surface area contributed by atoms with E-state index in [1.165, 1.54) is 5.39 Å². The number of nitrogens with zero attached hydrogens (tertiary/aromatic N) is 7. The highest BCUT2D eigenvalue weighted by atomic mass is 15.3. The number of hydrogen-bond acceptors (Lipinski definition) is 5. The Morgan fingerprint density at radius 1 is 0.778 bits per heavy atom. The van der Waals surface area contributed by atoms with E-state index in [9.17, 15) is 0 Å². The molecule has 0 aliphatic carbocycles. The van der Waals surface area contributed by atoms with Crippen molar-refractivity contribution < 1.29 is 0 Å². The molecule has 0 amide bonds. The normalized spacial score (nSPS) is 10.6. The van der Waals surface area contributed by atoms with E-state index in [1.54, 1.807) is 24.7 Å². The zero-order valence-electron chi connectivity index (χ0n) is 20.2. The van der Waals surface area contributed by atoms with E-state index in [2.05, 4.69) is 62.5 Å². The molecule has 0 N–H and O–H groups in total. The molecule has 7 nitrogen and oxygen atoms in total. The van der Waals surface area contributed by atoms with Gasteiger partial charge in [-0.25, -0.2) is 4.98 Å². The van der Waals surface area contributed by atoms with Gasteiger partial charge >= 0.3 is 0 Å². The second-order valence-corrected chi connectivity index (χ2v) is 8.10. The number of para-hydroxylation sites is 1. The Morgan fingerprint density at radius 2 is 1.53 bits per heavy atom. The summed E-state index contributed by atoms with van der Waals surface area (Å²) in [4.78, 5) is 13.4. The number of aromatic nitrogens is 7. The fraction of sp³-hybridized carbons (Fsp3) is 0.0690. The van der Waals surface area contributed by atoms with Crippen molar-refractivity contribution >= 4 is 10.9 Å². The summed E-state index contributed by atoms with van der Waals surface area (Å²) in [5.74, 6) is 2.21. The Morgan fingerprint density at radius 3 is 2.25 bits per heavy atom. The van der Waals surface area contributed by atoms with Crippen LogP contribution in [0.5, 0.6) is 0 Å². The number of benzene rings is 1. The molecule has 0 aliphatic heterocycles. The predicted octanol–water partition coefficient (Wildman–Crippen LogP) is 6.23. The van der Waals surface area contributed by atoms with Gasteiger partial charge in [0.25, 0.3) is 0 Å². The van der Waals surface area contributed by atoms with E-state index in [1.807, 2.05) is 66.2 Å². The van der Waals surface area contributed by atoms with Crippen LogP contribution in [-0.4, -0.2) is 34.3 Å². The van der Waals surface area contributed by atoms with E-state index in [0.717, 1.165) is 34.0 Å². The molecule has 0 aliphatic rings. The minimum atomic E-state index is 0.652. The Bertz CT molecular complexity index is 1540. The van der Waals surface area contributed by atoms with Gasteiger partial charge in [0.05, 0.1) is 17.4 Å². The highest BCUT2D eigenvalue weighted by molar-refractivity contribution is 5.83. The number of hydrogen-bond donors (Lipinski definition) is 0. The molecule has 0 spiro atoms. The van der Waals surface area contributed by atoms with Gasteiger partial charge < -0.3 is 0 Å². The van der Waals surface area contributed by atoms with E-state index in [0.29, 0.717) is 11.6 Å². The third-order valence-corrected chi connectivity index (χ3v) is 5.61. The standard InChI is InChI=1S/C26H19N7.C3H6/c1-18-16-20-6-2-3-8-23(20)32(18)24-10-9-21(17-29-24)33-25(19-11-14-27-15-12-19)30-31-26(33)22-7-4-5-13-28-22;1-3-2/h2-17H,1H3;3H,1H2,2H3. The van der Waals surface area contributed by atoms with Crippen molar-refractivity contribution in [2.75, 3.05) is 0 Å². The lowest BCUT2D eigenvalue weighted by molar-refractivity contribution is 0.973. The van der Waals surface area contributed by atoms with Crippen LogP contribution in [0.4, 0.5) is 0 Å². The number of aryl methyl sites for hydroxylation is 1. The molecule has 0 atom stereocenters. The van der Waals surface area contributed by atoms with Crippen LogP contribution < -0.4 is 0 Å². The van der Waals surface area contributed by atoms with Crippen LogP contribution in [0, 0.1) is 6.92 Å². The van der Waals surface area contributed by atoms with Crippen molar-refractivity contribution in [2.24, 2.45) is 0 Å². The molecule has 176 valence electrons. The maximum Gasteiger partial charge on any atom is 0.187 e. The minimum Gasteiger partial charge on any atom is -0.298 e. The minimum absolute atomic E-state index is 0.652. The maximum atomic E-state index is 4.81. The van der Waals surface area contributed by atoms with Gasteiger partial charge in [0, 0.05) is 35.2 Å². The predicted molar refractivity (Wildman–Crippen MR) is 143 cm³/mol. The van der Waals surface area contributed by atoms with Crippen molar-refractivity contribution in [3.63, 3.8) is 0 Å². The van der Waals surface area contributed by atoms with E-state index < -0.39 is 0 Å². The van der Waals surface area contributed by atoms with Crippen molar-refractivity contribution in [3.8, 4) is 34.4 Å². The van der Waals surface area contributed by atoms with Gasteiger partial charge in [-0.15, -0.1) is 16.8 Å². The number of pyridine rings is 3. The second kappa shape index (κ2) is 10.1. The lowest BCUT2D eigenvalue weighted by atomic mass is 10.2. The monoisotopic (exact) mass is 471 g/mol. The van der Waals surface area contributed by atoms with Gasteiger partial charge in [0.2, 0.25) is 0 Å². The summed E-state index contributed by atoms with van der Waals surface area (Å²) in [5.41, 5.74) is 4.77. The van der Waals surface area contributed by atoms with E-state index >= 15 is 0 Å². The quantitative estimate of drug-likeness (QED) is 0.285. The molecule has 36 heavy (non-hydrogen) atoms. The van der Waals surface area contributed by atoms with Crippen LogP contribution in [0.3, 0.4) is 0 Å². The molecule has 5 aromatic heterocycles. The Labute approximate surface area is 209 Å². The molecule has 7 heteroatoms. The Hall–Kier alpha value is -4.91. The highest BCUT2D eigenvalue weighted by Gasteiger charge is 2.18. The zero-order chi connectivity index (χ0) is 24.9. The van der Waals surface area contributed by atoms with Crippen molar-refractivity contribution in [1.29, 1.82) is 0 Å². The number of rotatable bonds is 4. The van der Waals surface area contributed by atoms with Crippen LogP contribution in [0.2, 0.25) is 0 Å². The lowest BCUT2D eigenvalue weighted by Gasteiger charge is -2.12. The molecular formula is C29H25N7. The highest BCUT2D eigenvalue weighted by Crippen LogP contribution is 2.28. The Balaban J connectivity index is 0.000000848. The van der Waals surface area contributed by atoms with Gasteiger partial charge in [0.1, 0.15) is 11.5 Å². The fourth-order valence-corrected chi connectivity index (χ4v) is 4.12. The smallest absolute Gasteiger partial charge is 0.187 e. The van der Waals surface area contributed by atoms with Crippen LogP contribution in [0.25, 0.3) is 45.3 Å².